The zero-order valence-corrected chi connectivity index (χ0v) is 13.0. The third-order valence-corrected chi connectivity index (χ3v) is 2.56. The van der Waals surface area contributed by atoms with E-state index in [-0.39, 0.29) is 0 Å². The lowest BCUT2D eigenvalue weighted by Gasteiger charge is -2.02. The van der Waals surface area contributed by atoms with Crippen LogP contribution >= 0.6 is 0 Å². The number of para-hydroxylation sites is 1. The molecule has 0 aliphatic rings. The first-order chi connectivity index (χ1) is 9.27. The van der Waals surface area contributed by atoms with E-state index < -0.39 is 0 Å². The van der Waals surface area contributed by atoms with Gasteiger partial charge in [0, 0.05) is 10.6 Å². The molecule has 19 heavy (non-hydrogen) atoms. The van der Waals surface area contributed by atoms with E-state index >= 15 is 0 Å². The van der Waals surface area contributed by atoms with Gasteiger partial charge < -0.3 is 5.73 Å². The monoisotopic (exact) mass is 258 g/mol. The summed E-state index contributed by atoms with van der Waals surface area (Å²) in [6.45, 7) is 12.0. The van der Waals surface area contributed by atoms with Gasteiger partial charge >= 0.3 is 0 Å². The fourth-order valence-electron chi connectivity index (χ4n) is 1.80. The quantitative estimate of drug-likeness (QED) is 0.786. The van der Waals surface area contributed by atoms with Crippen LogP contribution in [0.4, 0.5) is 5.69 Å². The van der Waals surface area contributed by atoms with Gasteiger partial charge in [0.2, 0.25) is 0 Å². The lowest BCUT2D eigenvalue weighted by atomic mass is 10.1. The molecule has 2 rings (SSSR count). The molecular weight excluding hydrogens is 232 g/mol. The van der Waals surface area contributed by atoms with Crippen LogP contribution in [0.15, 0.2) is 24.3 Å². The Kier molecular flexibility index (Phi) is 8.27. The lowest BCUT2D eigenvalue weighted by molar-refractivity contribution is 1.28. The van der Waals surface area contributed by atoms with Crippen LogP contribution in [0.1, 0.15) is 41.5 Å². The van der Waals surface area contributed by atoms with E-state index in [4.69, 9.17) is 5.73 Å². The van der Waals surface area contributed by atoms with E-state index in [1.165, 1.54) is 0 Å². The third kappa shape index (κ3) is 3.82. The summed E-state index contributed by atoms with van der Waals surface area (Å²) in [6, 6.07) is 7.95. The van der Waals surface area contributed by atoms with Crippen LogP contribution in [-0.4, -0.2) is 4.98 Å². The molecule has 0 bridgehead atoms. The average Bonchev–Trinajstić information content (AvgIpc) is 2.51. The van der Waals surface area contributed by atoms with E-state index in [0.717, 1.165) is 27.2 Å². The zero-order chi connectivity index (χ0) is 14.8. The summed E-state index contributed by atoms with van der Waals surface area (Å²) >= 11 is 0. The summed E-state index contributed by atoms with van der Waals surface area (Å²) in [5.41, 5.74) is 7.88. The maximum Gasteiger partial charge on any atom is 0.0730 e. The molecule has 1 aromatic heterocycles. The van der Waals surface area contributed by atoms with Crippen molar-refractivity contribution in [3.05, 3.63) is 34.8 Å². The molecule has 0 saturated carbocycles. The molecule has 2 heteroatoms. The molecule has 0 saturated heterocycles. The Balaban J connectivity index is 0.000000741. The van der Waals surface area contributed by atoms with Crippen molar-refractivity contribution in [3.63, 3.8) is 0 Å². The maximum atomic E-state index is 6.11. The number of pyridine rings is 1. The topological polar surface area (TPSA) is 38.9 Å². The van der Waals surface area contributed by atoms with E-state index in [1.54, 1.807) is 0 Å². The van der Waals surface area contributed by atoms with Crippen molar-refractivity contribution < 1.29 is 0 Å². The number of hydrogen-bond acceptors (Lipinski definition) is 2. The van der Waals surface area contributed by atoms with Crippen molar-refractivity contribution in [3.8, 4) is 0 Å². The SMILES string of the molecule is C/C=c1/c(N)c2ccccc2n/c1=C/C.CC.CC. The maximum absolute atomic E-state index is 6.11. The smallest absolute Gasteiger partial charge is 0.0730 e. The summed E-state index contributed by atoms with van der Waals surface area (Å²) in [5, 5.41) is 3.00. The Morgan fingerprint density at radius 1 is 0.947 bits per heavy atom. The van der Waals surface area contributed by atoms with Crippen LogP contribution in [0.2, 0.25) is 0 Å². The highest BCUT2D eigenvalue weighted by atomic mass is 14.7. The van der Waals surface area contributed by atoms with Gasteiger partial charge in [-0.2, -0.15) is 0 Å². The van der Waals surface area contributed by atoms with Gasteiger partial charge in [-0.15, -0.1) is 0 Å². The van der Waals surface area contributed by atoms with Gasteiger partial charge in [-0.25, -0.2) is 4.98 Å². The summed E-state index contributed by atoms with van der Waals surface area (Å²) in [6.07, 6.45) is 3.99. The summed E-state index contributed by atoms with van der Waals surface area (Å²) in [5.74, 6) is 0. The molecular formula is C17H26N2. The molecule has 0 fully saturated rings. The van der Waals surface area contributed by atoms with Crippen molar-refractivity contribution in [2.45, 2.75) is 41.5 Å². The Labute approximate surface area is 116 Å². The first-order valence-corrected chi connectivity index (χ1v) is 7.05. The van der Waals surface area contributed by atoms with Gasteiger partial charge in [0.25, 0.3) is 0 Å². The van der Waals surface area contributed by atoms with Crippen LogP contribution in [-0.2, 0) is 0 Å². The van der Waals surface area contributed by atoms with E-state index in [0.29, 0.717) is 0 Å². The fraction of sp³-hybridized carbons (Fsp3) is 0.353. The number of hydrogen-bond donors (Lipinski definition) is 1. The lowest BCUT2D eigenvalue weighted by Crippen LogP contribution is -2.30. The normalized spacial score (nSPS) is 11.5. The summed E-state index contributed by atoms with van der Waals surface area (Å²) in [4.78, 5) is 4.56. The van der Waals surface area contributed by atoms with Gasteiger partial charge in [-0.05, 0) is 19.9 Å². The highest BCUT2D eigenvalue weighted by Crippen LogP contribution is 2.12. The van der Waals surface area contributed by atoms with Gasteiger partial charge in [-0.1, -0.05) is 58.0 Å². The molecule has 0 aliphatic heterocycles. The molecule has 0 radical (unpaired) electrons. The van der Waals surface area contributed by atoms with Crippen LogP contribution in [0.5, 0.6) is 0 Å². The number of fused-ring (bicyclic) bond motifs is 1. The Morgan fingerprint density at radius 3 is 2.05 bits per heavy atom. The van der Waals surface area contributed by atoms with E-state index in [9.17, 15) is 0 Å². The molecule has 0 atom stereocenters. The van der Waals surface area contributed by atoms with Crippen molar-refractivity contribution in [2.24, 2.45) is 0 Å². The summed E-state index contributed by atoms with van der Waals surface area (Å²) in [7, 11) is 0. The Bertz CT molecular complexity index is 613. The minimum absolute atomic E-state index is 0.816. The Hall–Kier alpha value is -1.83. The number of anilines is 1. The van der Waals surface area contributed by atoms with Crippen molar-refractivity contribution in [2.75, 3.05) is 5.73 Å². The number of nitrogens with zero attached hydrogens (tertiary/aromatic N) is 1. The molecule has 2 N–H and O–H groups in total. The second kappa shape index (κ2) is 9.15. The highest BCUT2D eigenvalue weighted by Gasteiger charge is 2.00. The Morgan fingerprint density at radius 2 is 1.53 bits per heavy atom. The van der Waals surface area contributed by atoms with Gasteiger partial charge in [0.15, 0.2) is 0 Å². The van der Waals surface area contributed by atoms with Crippen molar-refractivity contribution in [1.29, 1.82) is 0 Å². The first kappa shape index (κ1) is 17.2. The highest BCUT2D eigenvalue weighted by molar-refractivity contribution is 5.90. The van der Waals surface area contributed by atoms with E-state index in [1.807, 2.05) is 78.0 Å². The van der Waals surface area contributed by atoms with Crippen LogP contribution in [0.3, 0.4) is 0 Å². The van der Waals surface area contributed by atoms with Gasteiger partial charge in [0.05, 0.1) is 16.6 Å². The summed E-state index contributed by atoms with van der Waals surface area (Å²) < 4.78 is 0. The molecule has 1 aromatic carbocycles. The molecule has 0 spiro atoms. The number of rotatable bonds is 0. The fourth-order valence-corrected chi connectivity index (χ4v) is 1.80. The molecule has 2 nitrogen and oxygen atoms in total. The minimum Gasteiger partial charge on any atom is -0.398 e. The predicted octanol–water partition coefficient (Wildman–Crippen LogP) is 3.47. The van der Waals surface area contributed by atoms with Crippen LogP contribution in [0.25, 0.3) is 23.1 Å². The number of nitrogens with two attached hydrogens (primary N) is 1. The average molecular weight is 258 g/mol. The molecule has 1 heterocycles. The van der Waals surface area contributed by atoms with Crippen molar-refractivity contribution >= 4 is 28.7 Å². The molecule has 104 valence electrons. The zero-order valence-electron chi connectivity index (χ0n) is 13.0. The number of nitrogen functional groups attached to an aromatic ring is 1. The van der Waals surface area contributed by atoms with Crippen LogP contribution < -0.4 is 16.3 Å². The first-order valence-electron chi connectivity index (χ1n) is 7.05. The third-order valence-electron chi connectivity index (χ3n) is 2.56. The number of benzene rings is 1. The van der Waals surface area contributed by atoms with Crippen molar-refractivity contribution in [1.82, 2.24) is 4.98 Å². The van der Waals surface area contributed by atoms with Gasteiger partial charge in [-0.3, -0.25) is 0 Å². The molecule has 0 aliphatic carbocycles. The van der Waals surface area contributed by atoms with Gasteiger partial charge in [0.1, 0.15) is 0 Å². The minimum atomic E-state index is 0.816. The molecule has 0 amide bonds. The van der Waals surface area contributed by atoms with E-state index in [2.05, 4.69) is 4.98 Å². The molecule has 0 unspecified atom stereocenters. The van der Waals surface area contributed by atoms with Crippen LogP contribution in [0, 0.1) is 0 Å². The number of aromatic nitrogens is 1. The predicted molar refractivity (Wildman–Crippen MR) is 88.4 cm³/mol. The second-order valence-corrected chi connectivity index (χ2v) is 3.42. The standard InChI is InChI=1S/C13H14N2.2C2H6/c1-3-9-11(4-2)15-12-8-6-5-7-10(12)13(9)14;2*1-2/h3-8H,14H2,1-2H3;2*1-2H3/b9-3+,11-4+;;. The largest absolute Gasteiger partial charge is 0.398 e. The molecule has 2 aromatic rings. The second-order valence-electron chi connectivity index (χ2n) is 3.42.